The minimum absolute atomic E-state index is 0.125. The number of rotatable bonds is 6. The third-order valence-electron chi connectivity index (χ3n) is 13.5. The van der Waals surface area contributed by atoms with Gasteiger partial charge >= 0.3 is 5.95 Å². The fraction of sp³-hybridized carbons (Fsp3) is 0.105. The topological polar surface area (TPSA) is 52.7 Å². The highest BCUT2D eigenvalue weighted by Gasteiger charge is 2.36. The van der Waals surface area contributed by atoms with Crippen molar-refractivity contribution in [2.24, 2.45) is 0 Å². The van der Waals surface area contributed by atoms with Crippen molar-refractivity contribution in [1.29, 1.82) is 0 Å². The highest BCUT2D eigenvalue weighted by molar-refractivity contribution is 6.12. The summed E-state index contributed by atoms with van der Waals surface area (Å²) in [6.07, 6.45) is 0.895. The van der Waals surface area contributed by atoms with Crippen molar-refractivity contribution in [3.05, 3.63) is 187 Å². The predicted molar refractivity (Wildman–Crippen MR) is 257 cm³/mol. The highest BCUT2D eigenvalue weighted by atomic mass is 16.3. The van der Waals surface area contributed by atoms with E-state index >= 15 is 0 Å². The zero-order valence-electron chi connectivity index (χ0n) is 35.3. The molecule has 63 heavy (non-hydrogen) atoms. The largest absolute Gasteiger partial charge is 0.456 e. The van der Waals surface area contributed by atoms with Gasteiger partial charge in [0.05, 0.1) is 17.6 Å². The van der Waals surface area contributed by atoms with Crippen LogP contribution in [-0.4, -0.2) is 19.1 Å². The lowest BCUT2D eigenvalue weighted by atomic mass is 9.82. The van der Waals surface area contributed by atoms with Crippen LogP contribution in [0.3, 0.4) is 0 Å². The first-order valence-electron chi connectivity index (χ1n) is 22.0. The minimum atomic E-state index is -0.125. The maximum absolute atomic E-state index is 6.47. The molecule has 6 heteroatoms. The Bertz CT molecular complexity index is 3810. The van der Waals surface area contributed by atoms with Crippen LogP contribution in [0.5, 0.6) is 0 Å². The Kier molecular flexibility index (Phi) is 7.59. The van der Waals surface area contributed by atoms with Crippen molar-refractivity contribution in [2.75, 3.05) is 0 Å². The highest BCUT2D eigenvalue weighted by Crippen LogP contribution is 2.51. The first-order valence-corrected chi connectivity index (χ1v) is 22.0. The van der Waals surface area contributed by atoms with Gasteiger partial charge in [0, 0.05) is 54.5 Å². The Labute approximate surface area is 363 Å². The van der Waals surface area contributed by atoms with Gasteiger partial charge in [-0.1, -0.05) is 129 Å². The predicted octanol–water partition coefficient (Wildman–Crippen LogP) is 13.9. The Hall–Kier alpha value is -7.83. The quantitative estimate of drug-likeness (QED) is 0.157. The lowest BCUT2D eigenvalue weighted by Gasteiger charge is -2.21. The molecule has 0 unspecified atom stereocenters. The third-order valence-corrected chi connectivity index (χ3v) is 13.5. The molecule has 4 heterocycles. The molecule has 1 aliphatic carbocycles. The van der Waals surface area contributed by atoms with Crippen molar-refractivity contribution in [1.82, 2.24) is 19.1 Å². The molecule has 0 bridgehead atoms. The van der Waals surface area contributed by atoms with Gasteiger partial charge in [-0.25, -0.2) is 9.13 Å². The Morgan fingerprint density at radius 3 is 1.90 bits per heavy atom. The molecule has 0 radical (unpaired) electrons. The summed E-state index contributed by atoms with van der Waals surface area (Å²) < 4.78 is 13.5. The van der Waals surface area contributed by atoms with E-state index < -0.39 is 0 Å². The molecule has 0 aliphatic heterocycles. The first-order chi connectivity index (χ1) is 31.0. The summed E-state index contributed by atoms with van der Waals surface area (Å²) in [4.78, 5) is 11.2. The normalized spacial score (nSPS) is 13.3. The second kappa shape index (κ2) is 13.3. The number of hydrogen-bond donors (Lipinski definition) is 0. The Morgan fingerprint density at radius 2 is 1.14 bits per heavy atom. The number of aromatic nitrogens is 5. The maximum Gasteiger partial charge on any atom is 0.362 e. The number of para-hydroxylation sites is 4. The van der Waals surface area contributed by atoms with Gasteiger partial charge in [-0.3, -0.25) is 0 Å². The average Bonchev–Trinajstić information content (AvgIpc) is 4.03. The number of nitrogens with zero attached hydrogens (tertiary/aromatic N) is 5. The average molecular weight is 813 g/mol. The number of hydrogen-bond acceptors (Lipinski definition) is 3. The molecule has 0 saturated heterocycles. The molecule has 0 saturated carbocycles. The van der Waals surface area contributed by atoms with Crippen LogP contribution in [0.2, 0.25) is 0 Å². The van der Waals surface area contributed by atoms with Crippen molar-refractivity contribution in [3.8, 4) is 45.5 Å². The van der Waals surface area contributed by atoms with E-state index in [2.05, 4.69) is 198 Å². The monoisotopic (exact) mass is 812 g/mol. The van der Waals surface area contributed by atoms with Crippen molar-refractivity contribution < 1.29 is 8.98 Å². The van der Waals surface area contributed by atoms with E-state index in [1.807, 2.05) is 12.1 Å². The number of furan rings is 1. The summed E-state index contributed by atoms with van der Waals surface area (Å²) in [5.74, 6) is 2.30. The molecule has 300 valence electrons. The van der Waals surface area contributed by atoms with Crippen LogP contribution in [0.25, 0.3) is 111 Å². The summed E-state index contributed by atoms with van der Waals surface area (Å²) in [6, 6.07) is 63.4. The van der Waals surface area contributed by atoms with E-state index in [0.717, 1.165) is 74.5 Å². The van der Waals surface area contributed by atoms with Gasteiger partial charge in [-0.2, -0.15) is 0 Å². The minimum Gasteiger partial charge on any atom is -0.456 e. The van der Waals surface area contributed by atoms with Gasteiger partial charge in [0.15, 0.2) is 0 Å². The molecule has 4 aromatic heterocycles. The third kappa shape index (κ3) is 5.15. The van der Waals surface area contributed by atoms with E-state index in [-0.39, 0.29) is 5.41 Å². The summed E-state index contributed by atoms with van der Waals surface area (Å²) in [6.45, 7) is 7.64. The number of fused-ring (bicyclic) bond motifs is 12. The molecule has 12 aromatic rings. The molecule has 0 amide bonds. The van der Waals surface area contributed by atoms with Crippen LogP contribution in [0, 0.1) is 0 Å². The fourth-order valence-corrected chi connectivity index (χ4v) is 10.6. The molecular weight excluding hydrogens is 771 g/mol. The summed E-state index contributed by atoms with van der Waals surface area (Å²) in [7, 11) is 0. The van der Waals surface area contributed by atoms with Crippen molar-refractivity contribution >= 4 is 65.6 Å². The van der Waals surface area contributed by atoms with E-state index in [0.29, 0.717) is 5.82 Å². The summed E-state index contributed by atoms with van der Waals surface area (Å²) >= 11 is 0. The molecule has 8 aromatic carbocycles. The van der Waals surface area contributed by atoms with Gasteiger partial charge in [-0.15, -0.1) is 4.98 Å². The van der Waals surface area contributed by atoms with Crippen LogP contribution in [0.15, 0.2) is 180 Å². The lowest BCUT2D eigenvalue weighted by molar-refractivity contribution is -0.685. The van der Waals surface area contributed by atoms with Crippen molar-refractivity contribution in [2.45, 2.75) is 39.2 Å². The summed E-state index contributed by atoms with van der Waals surface area (Å²) in [5, 5.41) is 7.05. The van der Waals surface area contributed by atoms with Crippen LogP contribution >= 0.6 is 0 Å². The van der Waals surface area contributed by atoms with Crippen LogP contribution < -0.4 is 4.57 Å². The van der Waals surface area contributed by atoms with Gasteiger partial charge in [0.1, 0.15) is 22.2 Å². The molecule has 0 fully saturated rings. The van der Waals surface area contributed by atoms with Crippen LogP contribution in [-0.2, 0) is 12.0 Å². The first kappa shape index (κ1) is 35.9. The molecular formula is C57H42N5O+. The second-order valence-corrected chi connectivity index (χ2v) is 17.5. The summed E-state index contributed by atoms with van der Waals surface area (Å²) in [5.41, 5.74) is 14.5. The maximum atomic E-state index is 6.47. The molecule has 13 rings (SSSR count). The number of benzene rings is 8. The second-order valence-electron chi connectivity index (χ2n) is 17.5. The smallest absolute Gasteiger partial charge is 0.362 e. The van der Waals surface area contributed by atoms with Gasteiger partial charge in [-0.05, 0) is 101 Å². The Balaban J connectivity index is 1.07. The van der Waals surface area contributed by atoms with E-state index in [1.165, 1.54) is 54.8 Å². The zero-order chi connectivity index (χ0) is 42.0. The molecule has 0 N–H and O–H groups in total. The van der Waals surface area contributed by atoms with E-state index in [1.54, 1.807) is 0 Å². The molecule has 1 aliphatic rings. The standard InChI is InChI=1S/C57H42N5O/c1-4-30-60-55(36-28-29-43-42-22-9-14-27-52(42)63-53(43)32-36)58-54(59-56(60)62-49-25-12-6-19-39(49)40-20-7-13-26-50(40)62)35-16-15-17-37(31-35)61-48-24-11-8-21-41(48)45-33-44-38-18-5-10-23-46(38)57(2,3)47(44)34-51(45)61/h5-29,31-34H,4,30H2,1-3H3/q+1. The van der Waals surface area contributed by atoms with Gasteiger partial charge in [0.2, 0.25) is 5.82 Å². The zero-order valence-corrected chi connectivity index (χ0v) is 35.3. The van der Waals surface area contributed by atoms with Crippen LogP contribution in [0.1, 0.15) is 38.3 Å². The van der Waals surface area contributed by atoms with Crippen LogP contribution in [0.4, 0.5) is 0 Å². The van der Waals surface area contributed by atoms with Gasteiger partial charge in [0.25, 0.3) is 5.82 Å². The van der Waals surface area contributed by atoms with E-state index in [9.17, 15) is 0 Å². The SMILES string of the molecule is CCC[n+]1c(-c2ccc3c(c2)oc2ccccc23)nc(-c2cccc(-n3c4ccccc4c4cc5c(cc43)C(C)(C)c3ccccc3-5)c2)nc1-n1c2ccccc2c2ccccc21. The molecule has 0 spiro atoms. The molecule has 0 atom stereocenters. The molecule has 6 nitrogen and oxygen atoms in total. The lowest BCUT2D eigenvalue weighted by Crippen LogP contribution is -2.43. The fourth-order valence-electron chi connectivity index (χ4n) is 10.6. The van der Waals surface area contributed by atoms with Crippen molar-refractivity contribution in [3.63, 3.8) is 0 Å². The van der Waals surface area contributed by atoms with E-state index in [4.69, 9.17) is 14.4 Å². The Morgan fingerprint density at radius 1 is 0.492 bits per heavy atom. The van der Waals surface area contributed by atoms with Gasteiger partial charge < -0.3 is 8.98 Å².